The molecule has 0 atom stereocenters. The standard InChI is InChI=1S/C23H21N3O4.ClH/c1-29-20-13-12-17(14-21(20)30-2)22(27)25-19-11-7-6-10-18(19)23(28)26-24-15-16-8-4-3-5-9-16;/h3-15H,1-2H3,(H,25,27)(H,26,28);1H. The molecular formula is C23H22ClN3O4. The summed E-state index contributed by atoms with van der Waals surface area (Å²) in [5.41, 5.74) is 4.59. The van der Waals surface area contributed by atoms with Gasteiger partial charge in [0.1, 0.15) is 0 Å². The summed E-state index contributed by atoms with van der Waals surface area (Å²) in [6.07, 6.45) is 1.67. The van der Waals surface area contributed by atoms with Crippen molar-refractivity contribution >= 4 is 23.7 Å². The Balaban J connectivity index is 0.00000341. The molecule has 3 aromatic rings. The van der Waals surface area contributed by atoms with Crippen LogP contribution in [0.15, 0.2) is 72.8 Å². The molecule has 0 unspecified atom stereocenters. The highest BCUT2D eigenvalue weighted by Crippen LogP contribution is 2.28. The number of hydrazone groups is 1. The summed E-state index contributed by atoms with van der Waals surface area (Å²) in [4.78, 5) is 25.3. The Labute approximate surface area is 186 Å². The fraction of sp³-hybridized carbons (Fsp3) is 0.0870. The zero-order valence-electron chi connectivity index (χ0n) is 17.0. The van der Waals surface area contributed by atoms with Crippen molar-refractivity contribution in [3.8, 4) is 11.5 Å². The van der Waals surface area contributed by atoms with E-state index >= 15 is 0 Å². The van der Waals surface area contributed by atoms with Crippen molar-refractivity contribution in [2.75, 3.05) is 19.5 Å². The molecule has 31 heavy (non-hydrogen) atoms. The van der Waals surface area contributed by atoms with Gasteiger partial charge in [0, 0.05) is 11.1 Å². The number of halogens is 1. The summed E-state index contributed by atoms with van der Waals surface area (Å²) in [7, 11) is 3.02. The van der Waals surface area contributed by atoms with Crippen LogP contribution in [0, 0.1) is 0 Å². The molecule has 0 saturated carbocycles. The summed E-state index contributed by atoms with van der Waals surface area (Å²) < 4.78 is 10.4. The molecule has 0 aliphatic heterocycles. The Hall–Kier alpha value is -3.84. The highest BCUT2D eigenvalue weighted by atomic mass is 35.5. The highest BCUT2D eigenvalue weighted by molar-refractivity contribution is 6.09. The third-order valence-electron chi connectivity index (χ3n) is 4.29. The minimum atomic E-state index is -0.384. The van der Waals surface area contributed by atoms with Gasteiger partial charge in [0.05, 0.1) is 25.5 Å². The van der Waals surface area contributed by atoms with E-state index in [1.807, 2.05) is 30.3 Å². The van der Waals surface area contributed by atoms with Gasteiger partial charge in [-0.05, 0) is 42.5 Å². The lowest BCUT2D eigenvalue weighted by molar-refractivity contribution is -0.503. The predicted octanol–water partition coefficient (Wildman–Crippen LogP) is -1.20. The smallest absolute Gasteiger partial charge is 0.306 e. The fourth-order valence-electron chi connectivity index (χ4n) is 2.76. The van der Waals surface area contributed by atoms with Gasteiger partial charge >= 0.3 is 5.91 Å². The summed E-state index contributed by atoms with van der Waals surface area (Å²) in [5.74, 6) is 0.205. The maximum atomic E-state index is 12.7. The van der Waals surface area contributed by atoms with Gasteiger partial charge < -0.3 is 27.2 Å². The molecule has 0 aliphatic carbocycles. The number of amides is 2. The number of para-hydroxylation sites is 1. The van der Waals surface area contributed by atoms with Crippen molar-refractivity contribution in [2.24, 2.45) is 0 Å². The number of methoxy groups -OCH3 is 2. The van der Waals surface area contributed by atoms with Crippen LogP contribution < -0.4 is 37.7 Å². The van der Waals surface area contributed by atoms with Crippen LogP contribution in [0.5, 0.6) is 11.5 Å². The van der Waals surface area contributed by atoms with Crippen molar-refractivity contribution in [1.29, 1.82) is 0 Å². The number of ether oxygens (including phenoxy) is 2. The van der Waals surface area contributed by atoms with Crippen molar-refractivity contribution in [2.45, 2.75) is 0 Å². The molecule has 0 spiro atoms. The summed E-state index contributed by atoms with van der Waals surface area (Å²) in [5, 5.41) is 5.54. The average Bonchev–Trinajstić information content (AvgIpc) is 2.79. The van der Waals surface area contributed by atoms with E-state index in [4.69, 9.17) is 9.47 Å². The Bertz CT molecular complexity index is 1070. The quantitative estimate of drug-likeness (QED) is 0.319. The average molecular weight is 440 g/mol. The minimum Gasteiger partial charge on any atom is -1.00 e. The molecule has 3 aromatic carbocycles. The number of hydrogen-bond donors (Lipinski definition) is 3. The van der Waals surface area contributed by atoms with Gasteiger partial charge in [0.25, 0.3) is 5.91 Å². The zero-order chi connectivity index (χ0) is 21.3. The lowest BCUT2D eigenvalue weighted by atomic mass is 10.1. The maximum absolute atomic E-state index is 12.7. The number of rotatable bonds is 7. The molecule has 0 aromatic heterocycles. The number of benzene rings is 3. The number of hydrogen-bond acceptors (Lipinski definition) is 4. The van der Waals surface area contributed by atoms with Crippen LogP contribution in [0.3, 0.4) is 0 Å². The predicted molar refractivity (Wildman–Crippen MR) is 114 cm³/mol. The summed E-state index contributed by atoms with van der Waals surface area (Å²) >= 11 is 0. The van der Waals surface area contributed by atoms with Gasteiger partial charge in [0.15, 0.2) is 17.7 Å². The van der Waals surface area contributed by atoms with E-state index < -0.39 is 0 Å². The van der Waals surface area contributed by atoms with Crippen molar-refractivity contribution in [1.82, 2.24) is 5.43 Å². The normalized spacial score (nSPS) is 10.1. The SMILES string of the molecule is COc1ccc(C(=O)Nc2ccccc2C(=O)N[NH+]=Cc2ccccc2)cc1OC.[Cl-]. The second-order valence-electron chi connectivity index (χ2n) is 6.22. The van der Waals surface area contributed by atoms with Gasteiger partial charge in [-0.15, -0.1) is 10.5 Å². The van der Waals surface area contributed by atoms with Crippen LogP contribution in [0.2, 0.25) is 0 Å². The van der Waals surface area contributed by atoms with E-state index in [-0.39, 0.29) is 24.2 Å². The van der Waals surface area contributed by atoms with Crippen molar-refractivity contribution < 1.29 is 36.6 Å². The van der Waals surface area contributed by atoms with Gasteiger partial charge in [0.2, 0.25) is 0 Å². The molecule has 3 rings (SSSR count). The van der Waals surface area contributed by atoms with Crippen LogP contribution in [0.25, 0.3) is 0 Å². The van der Waals surface area contributed by atoms with Crippen LogP contribution >= 0.6 is 0 Å². The molecule has 0 heterocycles. The van der Waals surface area contributed by atoms with E-state index in [1.54, 1.807) is 48.7 Å². The van der Waals surface area contributed by atoms with E-state index in [1.165, 1.54) is 14.2 Å². The molecular weight excluding hydrogens is 418 g/mol. The molecule has 0 fully saturated rings. The number of carbonyl (C=O) groups is 2. The van der Waals surface area contributed by atoms with Crippen molar-refractivity contribution in [3.05, 3.63) is 89.5 Å². The van der Waals surface area contributed by atoms with Gasteiger partial charge in [-0.2, -0.15) is 0 Å². The molecule has 0 saturated heterocycles. The molecule has 160 valence electrons. The molecule has 0 aliphatic rings. The summed E-state index contributed by atoms with van der Waals surface area (Å²) in [6, 6.07) is 21.1. The molecule has 7 nitrogen and oxygen atoms in total. The van der Waals surface area contributed by atoms with E-state index in [2.05, 4.69) is 15.8 Å². The Morgan fingerprint density at radius 3 is 2.23 bits per heavy atom. The first kappa shape index (κ1) is 23.4. The second kappa shape index (κ2) is 11.4. The Morgan fingerprint density at radius 1 is 0.839 bits per heavy atom. The molecule has 8 heteroatoms. The monoisotopic (exact) mass is 439 g/mol. The Kier molecular flexibility index (Phi) is 8.60. The second-order valence-corrected chi connectivity index (χ2v) is 6.22. The van der Waals surface area contributed by atoms with E-state index in [9.17, 15) is 9.59 Å². The fourth-order valence-corrected chi connectivity index (χ4v) is 2.76. The number of anilines is 1. The maximum Gasteiger partial charge on any atom is 0.306 e. The lowest BCUT2D eigenvalue weighted by Gasteiger charge is -2.11. The first-order valence-corrected chi connectivity index (χ1v) is 9.19. The van der Waals surface area contributed by atoms with Crippen LogP contribution in [0.1, 0.15) is 26.3 Å². The zero-order valence-corrected chi connectivity index (χ0v) is 17.8. The van der Waals surface area contributed by atoms with Crippen LogP contribution in [-0.2, 0) is 0 Å². The van der Waals surface area contributed by atoms with Gasteiger partial charge in [-0.3, -0.25) is 9.59 Å². The molecule has 0 bridgehead atoms. The van der Waals surface area contributed by atoms with E-state index in [0.717, 1.165) is 5.56 Å². The first-order valence-electron chi connectivity index (χ1n) is 9.19. The highest BCUT2D eigenvalue weighted by Gasteiger charge is 2.16. The number of carbonyl (C=O) groups excluding carboxylic acids is 2. The molecule has 2 amide bonds. The van der Waals surface area contributed by atoms with Gasteiger partial charge in [-0.25, -0.2) is 0 Å². The largest absolute Gasteiger partial charge is 1.00 e. The topological polar surface area (TPSA) is 90.6 Å². The van der Waals surface area contributed by atoms with E-state index in [0.29, 0.717) is 28.3 Å². The molecule has 3 N–H and O–H groups in total. The van der Waals surface area contributed by atoms with Gasteiger partial charge in [-0.1, -0.05) is 30.3 Å². The van der Waals surface area contributed by atoms with Crippen molar-refractivity contribution in [3.63, 3.8) is 0 Å². The molecule has 0 radical (unpaired) electrons. The third kappa shape index (κ3) is 6.07. The first-order chi connectivity index (χ1) is 14.6. The summed E-state index contributed by atoms with van der Waals surface area (Å²) in [6.45, 7) is 0. The number of nitrogens with one attached hydrogen (secondary N) is 3. The van der Waals surface area contributed by atoms with Crippen LogP contribution in [0.4, 0.5) is 5.69 Å². The Morgan fingerprint density at radius 2 is 1.52 bits per heavy atom. The third-order valence-corrected chi connectivity index (χ3v) is 4.29. The minimum absolute atomic E-state index is 0. The van der Waals surface area contributed by atoms with Crippen LogP contribution in [-0.4, -0.2) is 32.2 Å². The lowest BCUT2D eigenvalue weighted by Crippen LogP contribution is -3.00. The number of hydrazine groups is 1.